The van der Waals surface area contributed by atoms with Gasteiger partial charge in [-0.1, -0.05) is 12.1 Å². The van der Waals surface area contributed by atoms with E-state index in [1.807, 2.05) is 41.1 Å². The summed E-state index contributed by atoms with van der Waals surface area (Å²) in [6.07, 6.45) is 6.34. The van der Waals surface area contributed by atoms with Gasteiger partial charge in [0.1, 0.15) is 5.01 Å². The van der Waals surface area contributed by atoms with Crippen LogP contribution in [-0.2, 0) is 6.54 Å². The number of aromatic nitrogens is 3. The highest BCUT2D eigenvalue weighted by molar-refractivity contribution is 7.26. The van der Waals surface area contributed by atoms with Crippen LogP contribution in [-0.4, -0.2) is 27.0 Å². The Morgan fingerprint density at radius 1 is 1.16 bits per heavy atom. The molecule has 0 bridgehead atoms. The maximum absolute atomic E-state index is 12.3. The van der Waals surface area contributed by atoms with Crippen LogP contribution in [0.5, 0.6) is 0 Å². The van der Waals surface area contributed by atoms with Gasteiger partial charge in [0.2, 0.25) is 0 Å². The number of benzene rings is 1. The number of nitrogens with one attached hydrogen (secondary N) is 1. The second kappa shape index (κ2) is 7.16. The summed E-state index contributed by atoms with van der Waals surface area (Å²) in [5.74, 6) is -0.0250. The van der Waals surface area contributed by atoms with Gasteiger partial charge in [0, 0.05) is 25.5 Å². The molecule has 0 spiro atoms. The second-order valence-corrected chi connectivity index (χ2v) is 7.68. The third kappa shape index (κ3) is 3.62. The van der Waals surface area contributed by atoms with E-state index >= 15 is 0 Å². The van der Waals surface area contributed by atoms with Crippen molar-refractivity contribution in [2.45, 2.75) is 13.0 Å². The van der Waals surface area contributed by atoms with E-state index in [0.29, 0.717) is 6.54 Å². The minimum absolute atomic E-state index is 0.0250. The number of hydrogen-bond donors (Lipinski definition) is 1. The van der Waals surface area contributed by atoms with Gasteiger partial charge in [-0.05, 0) is 30.7 Å². The van der Waals surface area contributed by atoms with Gasteiger partial charge in [-0.3, -0.25) is 4.79 Å². The molecule has 4 aromatic rings. The van der Waals surface area contributed by atoms with Crippen molar-refractivity contribution in [1.29, 1.82) is 0 Å². The lowest BCUT2D eigenvalue weighted by Crippen LogP contribution is -2.24. The van der Waals surface area contributed by atoms with Crippen LogP contribution in [0.25, 0.3) is 20.1 Å². The molecule has 0 atom stereocenters. The molecule has 0 fully saturated rings. The summed E-state index contributed by atoms with van der Waals surface area (Å²) in [6, 6.07) is 11.9. The van der Waals surface area contributed by atoms with E-state index in [-0.39, 0.29) is 5.91 Å². The zero-order chi connectivity index (χ0) is 17.1. The molecule has 0 aliphatic rings. The number of para-hydroxylation sites is 1. The lowest BCUT2D eigenvalue weighted by atomic mass is 10.3. The third-order valence-electron chi connectivity index (χ3n) is 3.77. The summed E-state index contributed by atoms with van der Waals surface area (Å²) in [7, 11) is 0. The fourth-order valence-electron chi connectivity index (χ4n) is 2.52. The molecule has 3 heterocycles. The SMILES string of the molecule is O=C(NCCCn1ccnc1)c1ccc(-c2nc3ccccc3s2)s1. The molecular formula is C18H16N4OS2. The van der Waals surface area contributed by atoms with Crippen molar-refractivity contribution < 1.29 is 4.79 Å². The molecule has 1 amide bonds. The van der Waals surface area contributed by atoms with E-state index in [0.717, 1.165) is 37.9 Å². The lowest BCUT2D eigenvalue weighted by Gasteiger charge is -2.04. The van der Waals surface area contributed by atoms with E-state index < -0.39 is 0 Å². The Bertz CT molecular complexity index is 955. The van der Waals surface area contributed by atoms with E-state index in [1.165, 1.54) is 11.3 Å². The molecule has 0 saturated carbocycles. The summed E-state index contributed by atoms with van der Waals surface area (Å²) >= 11 is 3.14. The quantitative estimate of drug-likeness (QED) is 0.523. The number of thiophene rings is 1. The molecule has 0 radical (unpaired) electrons. The monoisotopic (exact) mass is 368 g/mol. The van der Waals surface area contributed by atoms with Gasteiger partial charge in [0.25, 0.3) is 5.91 Å². The Morgan fingerprint density at radius 3 is 2.92 bits per heavy atom. The summed E-state index contributed by atoms with van der Waals surface area (Å²) in [5.41, 5.74) is 1.00. The first kappa shape index (κ1) is 16.0. The molecule has 4 rings (SSSR count). The number of carbonyl (C=O) groups excluding carboxylic acids is 1. The molecule has 0 unspecified atom stereocenters. The van der Waals surface area contributed by atoms with Crippen LogP contribution in [0.2, 0.25) is 0 Å². The van der Waals surface area contributed by atoms with Crippen LogP contribution in [0, 0.1) is 0 Å². The summed E-state index contributed by atoms with van der Waals surface area (Å²) in [5, 5.41) is 3.94. The van der Waals surface area contributed by atoms with Crippen LogP contribution in [0.4, 0.5) is 0 Å². The fraction of sp³-hybridized carbons (Fsp3) is 0.167. The van der Waals surface area contributed by atoms with Crippen LogP contribution in [0.3, 0.4) is 0 Å². The van der Waals surface area contributed by atoms with E-state index in [4.69, 9.17) is 0 Å². The van der Waals surface area contributed by atoms with E-state index in [1.54, 1.807) is 23.9 Å². The number of aryl methyl sites for hydroxylation is 1. The molecule has 7 heteroatoms. The lowest BCUT2D eigenvalue weighted by molar-refractivity contribution is 0.0957. The number of fused-ring (bicyclic) bond motifs is 1. The van der Waals surface area contributed by atoms with E-state index in [2.05, 4.69) is 21.4 Å². The number of imidazole rings is 1. The van der Waals surface area contributed by atoms with E-state index in [9.17, 15) is 4.79 Å². The van der Waals surface area contributed by atoms with Gasteiger partial charge in [-0.2, -0.15) is 0 Å². The predicted octanol–water partition coefficient (Wildman–Crippen LogP) is 4.04. The maximum atomic E-state index is 12.3. The summed E-state index contributed by atoms with van der Waals surface area (Å²) in [6.45, 7) is 1.49. The Labute approximate surface area is 153 Å². The van der Waals surface area contributed by atoms with Crippen molar-refractivity contribution in [3.05, 3.63) is 60.0 Å². The third-order valence-corrected chi connectivity index (χ3v) is 6.06. The van der Waals surface area contributed by atoms with Gasteiger partial charge in [0.05, 0.1) is 26.3 Å². The Morgan fingerprint density at radius 2 is 2.08 bits per heavy atom. The van der Waals surface area contributed by atoms with Crippen molar-refractivity contribution in [3.8, 4) is 9.88 Å². The molecule has 3 aromatic heterocycles. The number of nitrogens with zero attached hydrogens (tertiary/aromatic N) is 3. The minimum atomic E-state index is -0.0250. The van der Waals surface area contributed by atoms with Gasteiger partial charge in [-0.15, -0.1) is 22.7 Å². The minimum Gasteiger partial charge on any atom is -0.351 e. The van der Waals surface area contributed by atoms with Crippen LogP contribution in [0.1, 0.15) is 16.1 Å². The largest absolute Gasteiger partial charge is 0.351 e. The topological polar surface area (TPSA) is 59.8 Å². The van der Waals surface area contributed by atoms with Crippen LogP contribution >= 0.6 is 22.7 Å². The van der Waals surface area contributed by atoms with Crippen LogP contribution < -0.4 is 5.32 Å². The number of rotatable bonds is 6. The maximum Gasteiger partial charge on any atom is 0.261 e. The molecule has 126 valence electrons. The van der Waals surface area contributed by atoms with Crippen molar-refractivity contribution in [3.63, 3.8) is 0 Å². The van der Waals surface area contributed by atoms with Gasteiger partial charge >= 0.3 is 0 Å². The molecule has 0 aliphatic carbocycles. The highest BCUT2D eigenvalue weighted by atomic mass is 32.1. The van der Waals surface area contributed by atoms with Crippen molar-refractivity contribution >= 4 is 38.8 Å². The fourth-order valence-corrected chi connectivity index (χ4v) is 4.46. The smallest absolute Gasteiger partial charge is 0.261 e. The first-order valence-corrected chi connectivity index (χ1v) is 9.62. The second-order valence-electron chi connectivity index (χ2n) is 5.56. The normalized spacial score (nSPS) is 11.0. The highest BCUT2D eigenvalue weighted by Crippen LogP contribution is 2.34. The Kier molecular flexibility index (Phi) is 4.58. The molecule has 0 aliphatic heterocycles. The number of carbonyl (C=O) groups is 1. The summed E-state index contributed by atoms with van der Waals surface area (Å²) in [4.78, 5) is 22.7. The zero-order valence-corrected chi connectivity index (χ0v) is 15.0. The first-order chi connectivity index (χ1) is 12.3. The Hall–Kier alpha value is -2.51. The Balaban J connectivity index is 1.37. The molecule has 1 N–H and O–H groups in total. The molecule has 1 aromatic carbocycles. The van der Waals surface area contributed by atoms with Gasteiger partial charge < -0.3 is 9.88 Å². The first-order valence-electron chi connectivity index (χ1n) is 7.99. The van der Waals surface area contributed by atoms with Gasteiger partial charge in [-0.25, -0.2) is 9.97 Å². The molecular weight excluding hydrogens is 352 g/mol. The molecule has 0 saturated heterocycles. The zero-order valence-electron chi connectivity index (χ0n) is 13.4. The van der Waals surface area contributed by atoms with Crippen LogP contribution in [0.15, 0.2) is 55.1 Å². The number of amides is 1. The average Bonchev–Trinajstić information content (AvgIpc) is 3.38. The molecule has 25 heavy (non-hydrogen) atoms. The van der Waals surface area contributed by atoms with Gasteiger partial charge in [0.15, 0.2) is 0 Å². The standard InChI is InChI=1S/C18H16N4OS2/c23-17(20-8-3-10-22-11-9-19-12-22)15-6-7-16(24-15)18-21-13-4-1-2-5-14(13)25-18/h1-2,4-7,9,11-12H,3,8,10H2,(H,20,23). The van der Waals surface area contributed by atoms with Crippen molar-refractivity contribution in [2.75, 3.05) is 6.54 Å². The summed E-state index contributed by atoms with van der Waals surface area (Å²) < 4.78 is 3.17. The highest BCUT2D eigenvalue weighted by Gasteiger charge is 2.12. The number of hydrogen-bond acceptors (Lipinski definition) is 5. The van der Waals surface area contributed by atoms with Crippen molar-refractivity contribution in [1.82, 2.24) is 19.9 Å². The predicted molar refractivity (Wildman–Crippen MR) is 102 cm³/mol. The molecule has 5 nitrogen and oxygen atoms in total. The average molecular weight is 368 g/mol. The number of thiazole rings is 1. The van der Waals surface area contributed by atoms with Crippen molar-refractivity contribution in [2.24, 2.45) is 0 Å².